The Morgan fingerprint density at radius 2 is 2.11 bits per heavy atom. The summed E-state index contributed by atoms with van der Waals surface area (Å²) in [7, 11) is -1.79. The Morgan fingerprint density at radius 3 is 2.61 bits per heavy atom. The van der Waals surface area contributed by atoms with Gasteiger partial charge in [0.25, 0.3) is 0 Å². The standard InChI is InChI=1S/C12H21N3O2S/c1-5-10(3)15(6-2)18(16,17)12-9-14-8-7-11(12)13-4/h7-10H,5-6H2,1-4H3,(H,13,14). The molecule has 1 unspecified atom stereocenters. The Morgan fingerprint density at radius 1 is 1.44 bits per heavy atom. The number of hydrogen-bond acceptors (Lipinski definition) is 4. The molecule has 0 fully saturated rings. The lowest BCUT2D eigenvalue weighted by Crippen LogP contribution is -2.38. The summed E-state index contributed by atoms with van der Waals surface area (Å²) in [5, 5.41) is 2.89. The molecule has 0 amide bonds. The first-order chi connectivity index (χ1) is 8.48. The van der Waals surface area contributed by atoms with E-state index < -0.39 is 10.0 Å². The molecule has 6 heteroatoms. The average Bonchev–Trinajstić information content (AvgIpc) is 2.38. The second kappa shape index (κ2) is 6.15. The number of anilines is 1. The predicted molar refractivity (Wildman–Crippen MR) is 73.1 cm³/mol. The Balaban J connectivity index is 3.27. The van der Waals surface area contributed by atoms with Crippen molar-refractivity contribution in [2.45, 2.75) is 38.1 Å². The van der Waals surface area contributed by atoms with Crippen LogP contribution in [0.5, 0.6) is 0 Å². The maximum absolute atomic E-state index is 12.6. The van der Waals surface area contributed by atoms with E-state index in [1.165, 1.54) is 10.5 Å². The van der Waals surface area contributed by atoms with Gasteiger partial charge in [0.2, 0.25) is 10.0 Å². The minimum Gasteiger partial charge on any atom is -0.387 e. The van der Waals surface area contributed by atoms with Gasteiger partial charge >= 0.3 is 0 Å². The quantitative estimate of drug-likeness (QED) is 0.859. The highest BCUT2D eigenvalue weighted by molar-refractivity contribution is 7.89. The molecule has 0 saturated carbocycles. The van der Waals surface area contributed by atoms with E-state index in [-0.39, 0.29) is 10.9 Å². The number of aromatic nitrogens is 1. The summed E-state index contributed by atoms with van der Waals surface area (Å²) in [5.74, 6) is 0. The van der Waals surface area contributed by atoms with E-state index in [0.29, 0.717) is 12.2 Å². The molecule has 1 aromatic heterocycles. The zero-order chi connectivity index (χ0) is 13.8. The molecule has 1 N–H and O–H groups in total. The van der Waals surface area contributed by atoms with E-state index in [4.69, 9.17) is 0 Å². The Bertz CT molecular complexity index is 488. The van der Waals surface area contributed by atoms with Crippen LogP contribution in [0.3, 0.4) is 0 Å². The predicted octanol–water partition coefficient (Wildman–Crippen LogP) is 1.93. The second-order valence-corrected chi connectivity index (χ2v) is 5.95. The first kappa shape index (κ1) is 14.9. The summed E-state index contributed by atoms with van der Waals surface area (Å²) < 4.78 is 26.7. The zero-order valence-corrected chi connectivity index (χ0v) is 12.2. The van der Waals surface area contributed by atoms with Crippen molar-refractivity contribution >= 4 is 15.7 Å². The van der Waals surface area contributed by atoms with Gasteiger partial charge in [-0.25, -0.2) is 8.42 Å². The van der Waals surface area contributed by atoms with Gasteiger partial charge in [-0.15, -0.1) is 0 Å². The summed E-state index contributed by atoms with van der Waals surface area (Å²) >= 11 is 0. The van der Waals surface area contributed by atoms with Gasteiger partial charge < -0.3 is 5.32 Å². The summed E-state index contributed by atoms with van der Waals surface area (Å²) in [4.78, 5) is 4.15. The molecule has 0 aliphatic carbocycles. The van der Waals surface area contributed by atoms with Crippen LogP contribution in [0.4, 0.5) is 5.69 Å². The highest BCUT2D eigenvalue weighted by Crippen LogP contribution is 2.25. The van der Waals surface area contributed by atoms with Gasteiger partial charge in [0, 0.05) is 32.0 Å². The van der Waals surface area contributed by atoms with Crippen molar-refractivity contribution in [1.29, 1.82) is 0 Å². The van der Waals surface area contributed by atoms with Crippen LogP contribution in [0, 0.1) is 0 Å². The minimum absolute atomic E-state index is 0.0232. The van der Waals surface area contributed by atoms with Crippen molar-refractivity contribution in [1.82, 2.24) is 9.29 Å². The minimum atomic E-state index is -3.50. The maximum atomic E-state index is 12.6. The fourth-order valence-corrected chi connectivity index (χ4v) is 3.70. The molecule has 5 nitrogen and oxygen atoms in total. The van der Waals surface area contributed by atoms with Crippen LogP contribution in [0.2, 0.25) is 0 Å². The van der Waals surface area contributed by atoms with Crippen molar-refractivity contribution in [3.05, 3.63) is 18.5 Å². The SMILES string of the molecule is CCC(C)N(CC)S(=O)(=O)c1cnccc1NC. The van der Waals surface area contributed by atoms with Crippen LogP contribution in [0.1, 0.15) is 27.2 Å². The van der Waals surface area contributed by atoms with Gasteiger partial charge in [-0.05, 0) is 19.4 Å². The summed E-state index contributed by atoms with van der Waals surface area (Å²) in [6, 6.07) is 1.64. The number of rotatable bonds is 6. The average molecular weight is 271 g/mol. The fourth-order valence-electron chi connectivity index (χ4n) is 1.84. The first-order valence-electron chi connectivity index (χ1n) is 6.12. The van der Waals surface area contributed by atoms with Crippen LogP contribution in [-0.4, -0.2) is 37.3 Å². The van der Waals surface area contributed by atoms with Crippen molar-refractivity contribution in [2.75, 3.05) is 18.9 Å². The molecule has 1 rings (SSSR count). The molecule has 0 aliphatic heterocycles. The molecule has 1 heterocycles. The maximum Gasteiger partial charge on any atom is 0.246 e. The molecule has 0 saturated heterocycles. The van der Waals surface area contributed by atoms with Gasteiger partial charge in [0.05, 0.1) is 5.69 Å². The van der Waals surface area contributed by atoms with E-state index in [9.17, 15) is 8.42 Å². The molecule has 102 valence electrons. The van der Waals surface area contributed by atoms with Gasteiger partial charge in [-0.3, -0.25) is 4.98 Å². The van der Waals surface area contributed by atoms with Crippen molar-refractivity contribution in [3.8, 4) is 0 Å². The Labute approximate surface area is 109 Å². The van der Waals surface area contributed by atoms with Gasteiger partial charge in [0.1, 0.15) is 4.90 Å². The highest BCUT2D eigenvalue weighted by atomic mass is 32.2. The molecule has 0 spiro atoms. The summed E-state index contributed by atoms with van der Waals surface area (Å²) in [6.45, 7) is 6.19. The fraction of sp³-hybridized carbons (Fsp3) is 0.583. The van der Waals surface area contributed by atoms with E-state index in [0.717, 1.165) is 6.42 Å². The lowest BCUT2D eigenvalue weighted by atomic mass is 10.3. The zero-order valence-electron chi connectivity index (χ0n) is 11.3. The third kappa shape index (κ3) is 2.81. The van der Waals surface area contributed by atoms with Crippen molar-refractivity contribution in [3.63, 3.8) is 0 Å². The Kier molecular flexibility index (Phi) is 5.10. The summed E-state index contributed by atoms with van der Waals surface area (Å²) in [6.07, 6.45) is 3.75. The van der Waals surface area contributed by atoms with Crippen molar-refractivity contribution in [2.24, 2.45) is 0 Å². The molecule has 1 atom stereocenters. The van der Waals surface area contributed by atoms with E-state index in [1.54, 1.807) is 19.3 Å². The lowest BCUT2D eigenvalue weighted by Gasteiger charge is -2.26. The first-order valence-corrected chi connectivity index (χ1v) is 7.56. The monoisotopic (exact) mass is 271 g/mol. The highest BCUT2D eigenvalue weighted by Gasteiger charge is 2.28. The third-order valence-corrected chi connectivity index (χ3v) is 5.15. The largest absolute Gasteiger partial charge is 0.387 e. The van der Waals surface area contributed by atoms with Crippen LogP contribution in [0.25, 0.3) is 0 Å². The Hall–Kier alpha value is -1.14. The van der Waals surface area contributed by atoms with Crippen LogP contribution >= 0.6 is 0 Å². The number of hydrogen-bond donors (Lipinski definition) is 1. The smallest absolute Gasteiger partial charge is 0.246 e. The van der Waals surface area contributed by atoms with E-state index in [2.05, 4.69) is 10.3 Å². The third-order valence-electron chi connectivity index (χ3n) is 3.03. The molecule has 0 aromatic carbocycles. The summed E-state index contributed by atoms with van der Waals surface area (Å²) in [5.41, 5.74) is 0.576. The molecule has 0 bridgehead atoms. The number of nitrogens with zero attached hydrogens (tertiary/aromatic N) is 2. The van der Waals surface area contributed by atoms with Crippen molar-refractivity contribution < 1.29 is 8.42 Å². The molecule has 0 radical (unpaired) electrons. The van der Waals surface area contributed by atoms with Gasteiger partial charge in [-0.2, -0.15) is 4.31 Å². The topological polar surface area (TPSA) is 62.3 Å². The second-order valence-electron chi connectivity index (χ2n) is 4.09. The van der Waals surface area contributed by atoms with E-state index in [1.807, 2.05) is 20.8 Å². The van der Waals surface area contributed by atoms with Crippen LogP contribution in [0.15, 0.2) is 23.4 Å². The number of nitrogens with one attached hydrogen (secondary N) is 1. The normalized spacial score (nSPS) is 13.6. The number of sulfonamides is 1. The molecule has 1 aromatic rings. The molecule has 0 aliphatic rings. The molecule has 18 heavy (non-hydrogen) atoms. The van der Waals surface area contributed by atoms with Crippen LogP contribution < -0.4 is 5.32 Å². The van der Waals surface area contributed by atoms with Crippen LogP contribution in [-0.2, 0) is 10.0 Å². The van der Waals surface area contributed by atoms with E-state index >= 15 is 0 Å². The molecular formula is C12H21N3O2S. The van der Waals surface area contributed by atoms with Gasteiger partial charge in [-0.1, -0.05) is 13.8 Å². The lowest BCUT2D eigenvalue weighted by molar-refractivity contribution is 0.342. The molecular weight excluding hydrogens is 250 g/mol. The van der Waals surface area contributed by atoms with Gasteiger partial charge in [0.15, 0.2) is 0 Å². The number of pyridine rings is 1.